The molecule has 13 heavy (non-hydrogen) atoms. The number of rotatable bonds is 0. The summed E-state index contributed by atoms with van der Waals surface area (Å²) >= 11 is 0. The van der Waals surface area contributed by atoms with E-state index in [0.29, 0.717) is 22.2 Å². The molecule has 0 spiro atoms. The molecule has 64 valence electrons. The molecule has 0 aliphatic rings. The molecule has 0 aliphatic heterocycles. The van der Waals surface area contributed by atoms with Gasteiger partial charge in [0.05, 0.1) is 5.56 Å². The maximum absolute atomic E-state index is 9.26. The Hall–Kier alpha value is -2.02. The fourth-order valence-corrected chi connectivity index (χ4v) is 1.19. The van der Waals surface area contributed by atoms with Gasteiger partial charge >= 0.3 is 0 Å². The van der Waals surface area contributed by atoms with E-state index in [0.717, 1.165) is 0 Å². The number of aromatic nitrogens is 1. The number of hydrogen-bond acceptors (Lipinski definition) is 4. The van der Waals surface area contributed by atoms with Gasteiger partial charge in [0.25, 0.3) is 0 Å². The van der Waals surface area contributed by atoms with E-state index in [1.165, 1.54) is 12.5 Å². The molecular formula is C9H6N2O2. The van der Waals surface area contributed by atoms with Crippen molar-refractivity contribution in [2.45, 2.75) is 6.92 Å². The highest BCUT2D eigenvalue weighted by Gasteiger charge is 2.10. The lowest BCUT2D eigenvalue weighted by Crippen LogP contribution is -1.85. The monoisotopic (exact) mass is 174 g/mol. The molecule has 2 aromatic heterocycles. The van der Waals surface area contributed by atoms with Crippen molar-refractivity contribution < 1.29 is 9.52 Å². The minimum Gasteiger partial charge on any atom is -0.503 e. The summed E-state index contributed by atoms with van der Waals surface area (Å²) in [7, 11) is 0. The first-order valence-electron chi connectivity index (χ1n) is 3.70. The highest BCUT2D eigenvalue weighted by molar-refractivity contribution is 5.83. The third-order valence-electron chi connectivity index (χ3n) is 1.93. The Kier molecular flexibility index (Phi) is 1.46. The van der Waals surface area contributed by atoms with Gasteiger partial charge in [-0.1, -0.05) is 0 Å². The first-order chi connectivity index (χ1) is 6.24. The van der Waals surface area contributed by atoms with E-state index >= 15 is 0 Å². The number of hydrogen-bond donors (Lipinski definition) is 1. The highest BCUT2D eigenvalue weighted by atomic mass is 16.4. The summed E-state index contributed by atoms with van der Waals surface area (Å²) in [5.74, 6) is 0.00240. The summed E-state index contributed by atoms with van der Waals surface area (Å²) in [6.07, 6.45) is 2.64. The molecule has 0 saturated heterocycles. The van der Waals surface area contributed by atoms with Crippen LogP contribution >= 0.6 is 0 Å². The molecule has 0 aliphatic carbocycles. The third-order valence-corrected chi connectivity index (χ3v) is 1.93. The molecule has 0 fully saturated rings. The summed E-state index contributed by atoms with van der Waals surface area (Å²) in [5.41, 5.74) is 2.03. The second-order valence-electron chi connectivity index (χ2n) is 2.71. The summed E-state index contributed by atoms with van der Waals surface area (Å²) in [6, 6.07) is 1.99. The zero-order valence-electron chi connectivity index (χ0n) is 6.90. The molecule has 4 heteroatoms. The molecule has 0 atom stereocenters. The van der Waals surface area contributed by atoms with Crippen molar-refractivity contribution in [3.63, 3.8) is 0 Å². The maximum Gasteiger partial charge on any atom is 0.180 e. The van der Waals surface area contributed by atoms with Crippen molar-refractivity contribution in [3.05, 3.63) is 23.6 Å². The molecule has 2 heterocycles. The lowest BCUT2D eigenvalue weighted by molar-refractivity contribution is 0.464. The van der Waals surface area contributed by atoms with E-state index in [-0.39, 0.29) is 5.75 Å². The molecule has 4 nitrogen and oxygen atoms in total. The first kappa shape index (κ1) is 7.62. The zero-order chi connectivity index (χ0) is 9.42. The van der Waals surface area contributed by atoms with Gasteiger partial charge in [-0.15, -0.1) is 0 Å². The van der Waals surface area contributed by atoms with Crippen LogP contribution in [0.15, 0.2) is 16.9 Å². The van der Waals surface area contributed by atoms with Crippen LogP contribution < -0.4 is 0 Å². The van der Waals surface area contributed by atoms with Crippen molar-refractivity contribution in [3.8, 4) is 11.8 Å². The lowest BCUT2D eigenvalue weighted by Gasteiger charge is -1.95. The van der Waals surface area contributed by atoms with Crippen LogP contribution in [0.5, 0.6) is 5.75 Å². The van der Waals surface area contributed by atoms with Gasteiger partial charge in [-0.2, -0.15) is 5.26 Å². The van der Waals surface area contributed by atoms with Crippen LogP contribution in [0.2, 0.25) is 0 Å². The average Bonchev–Trinajstić information content (AvgIpc) is 2.50. The largest absolute Gasteiger partial charge is 0.503 e. The van der Waals surface area contributed by atoms with Crippen molar-refractivity contribution >= 4 is 11.1 Å². The smallest absolute Gasteiger partial charge is 0.180 e. The number of aromatic hydroxyl groups is 1. The highest BCUT2D eigenvalue weighted by Crippen LogP contribution is 2.27. The van der Waals surface area contributed by atoms with Crippen LogP contribution in [0, 0.1) is 18.3 Å². The van der Waals surface area contributed by atoms with Crippen LogP contribution in [0.4, 0.5) is 0 Å². The van der Waals surface area contributed by atoms with Crippen LogP contribution in [0.25, 0.3) is 11.1 Å². The molecule has 1 N–H and O–H groups in total. The van der Waals surface area contributed by atoms with E-state index < -0.39 is 0 Å². The molecule has 2 aromatic rings. The minimum atomic E-state index is 0.00240. The van der Waals surface area contributed by atoms with Crippen molar-refractivity contribution in [2.24, 2.45) is 0 Å². The lowest BCUT2D eigenvalue weighted by atomic mass is 10.1. The molecule has 0 unspecified atom stereocenters. The zero-order valence-corrected chi connectivity index (χ0v) is 6.90. The summed E-state index contributed by atoms with van der Waals surface area (Å²) in [4.78, 5) is 3.91. The van der Waals surface area contributed by atoms with Gasteiger partial charge < -0.3 is 9.52 Å². The second-order valence-corrected chi connectivity index (χ2v) is 2.71. The van der Waals surface area contributed by atoms with Gasteiger partial charge in [-0.3, -0.25) is 0 Å². The van der Waals surface area contributed by atoms with Crippen LogP contribution in [-0.4, -0.2) is 10.1 Å². The van der Waals surface area contributed by atoms with Gasteiger partial charge in [-0.05, 0) is 6.92 Å². The second kappa shape index (κ2) is 2.49. The molecule has 2 rings (SSSR count). The van der Waals surface area contributed by atoms with Crippen molar-refractivity contribution in [1.82, 2.24) is 4.98 Å². The van der Waals surface area contributed by atoms with Gasteiger partial charge in [0.1, 0.15) is 12.3 Å². The standard InChI is InChI=1S/C9H6N2O2/c1-5-6(2-10)3-11-8-7(12)4-13-9(5)8/h3-4,12H,1H3. The van der Waals surface area contributed by atoms with E-state index in [1.54, 1.807) is 6.92 Å². The van der Waals surface area contributed by atoms with E-state index in [4.69, 9.17) is 9.68 Å². The van der Waals surface area contributed by atoms with Gasteiger partial charge in [0, 0.05) is 11.8 Å². The number of fused-ring (bicyclic) bond motifs is 1. The quantitative estimate of drug-likeness (QED) is 0.660. The van der Waals surface area contributed by atoms with E-state index in [9.17, 15) is 5.11 Å². The van der Waals surface area contributed by atoms with Crippen molar-refractivity contribution in [2.75, 3.05) is 0 Å². The fraction of sp³-hybridized carbons (Fsp3) is 0.111. The maximum atomic E-state index is 9.26. The fourth-order valence-electron chi connectivity index (χ4n) is 1.19. The summed E-state index contributed by atoms with van der Waals surface area (Å²) < 4.78 is 5.06. The minimum absolute atomic E-state index is 0.00240. The van der Waals surface area contributed by atoms with Gasteiger partial charge in [0.2, 0.25) is 0 Å². The number of furan rings is 1. The molecule has 0 radical (unpaired) electrons. The molecule has 0 amide bonds. The predicted molar refractivity (Wildman–Crippen MR) is 45.1 cm³/mol. The Morgan fingerprint density at radius 2 is 2.38 bits per heavy atom. The Morgan fingerprint density at radius 1 is 1.62 bits per heavy atom. The third kappa shape index (κ3) is 0.942. The normalized spacial score (nSPS) is 10.2. The SMILES string of the molecule is Cc1c(C#N)cnc2c(O)coc12. The van der Waals surface area contributed by atoms with E-state index in [1.807, 2.05) is 6.07 Å². The van der Waals surface area contributed by atoms with Crippen LogP contribution in [-0.2, 0) is 0 Å². The van der Waals surface area contributed by atoms with Crippen molar-refractivity contribution in [1.29, 1.82) is 5.26 Å². The topological polar surface area (TPSA) is 70.0 Å². The predicted octanol–water partition coefficient (Wildman–Crippen LogP) is 1.71. The summed E-state index contributed by atoms with van der Waals surface area (Å²) in [5, 5.41) is 18.0. The van der Waals surface area contributed by atoms with E-state index in [2.05, 4.69) is 4.98 Å². The van der Waals surface area contributed by atoms with Gasteiger partial charge in [0.15, 0.2) is 16.8 Å². The number of pyridine rings is 1. The Balaban J connectivity index is 2.90. The molecule has 0 bridgehead atoms. The molecular weight excluding hydrogens is 168 g/mol. The molecule has 0 aromatic carbocycles. The number of nitriles is 1. The Bertz CT molecular complexity index is 508. The Labute approximate surface area is 74.0 Å². The number of nitrogens with zero attached hydrogens (tertiary/aromatic N) is 2. The number of aryl methyl sites for hydroxylation is 1. The van der Waals surface area contributed by atoms with Gasteiger partial charge in [-0.25, -0.2) is 4.98 Å². The van der Waals surface area contributed by atoms with Crippen LogP contribution in [0.3, 0.4) is 0 Å². The first-order valence-corrected chi connectivity index (χ1v) is 3.70. The Morgan fingerprint density at radius 3 is 3.08 bits per heavy atom. The average molecular weight is 174 g/mol. The van der Waals surface area contributed by atoms with Crippen LogP contribution in [0.1, 0.15) is 11.1 Å². The summed E-state index contributed by atoms with van der Waals surface area (Å²) in [6.45, 7) is 1.76. The molecule has 0 saturated carbocycles.